The molecule has 2 aliphatic rings. The van der Waals surface area contributed by atoms with E-state index < -0.39 is 11.7 Å². The first-order valence-electron chi connectivity index (χ1n) is 14.1. The molecule has 3 aromatic rings. The summed E-state index contributed by atoms with van der Waals surface area (Å²) in [5.41, 5.74) is 4.15. The molecule has 0 bridgehead atoms. The standard InChI is InChI=1S/C31H34Cl2N6O4/c1-20-5-7-24(29(41)36-11-9-21(10-12-36)22-6-8-25(32)26(33)16-22)27(15-20)39-18-23(34-35-39)17-37-13-14-38(19-28(37)40)30(42)43-31(2,3)4/h5-9,15-16,18H,10-14,17,19H2,1-4H3. The Morgan fingerprint density at radius 2 is 1.79 bits per heavy atom. The van der Waals surface area contributed by atoms with Crippen LogP contribution in [0.1, 0.15) is 54.4 Å². The molecule has 10 nitrogen and oxygen atoms in total. The second-order valence-electron chi connectivity index (χ2n) is 11.8. The highest BCUT2D eigenvalue weighted by molar-refractivity contribution is 6.42. The topological polar surface area (TPSA) is 101 Å². The van der Waals surface area contributed by atoms with Crippen molar-refractivity contribution in [3.05, 3.63) is 81.1 Å². The van der Waals surface area contributed by atoms with Gasteiger partial charge in [-0.3, -0.25) is 14.5 Å². The minimum atomic E-state index is -0.633. The quantitative estimate of drug-likeness (QED) is 0.377. The van der Waals surface area contributed by atoms with Crippen molar-refractivity contribution >= 4 is 46.7 Å². The Balaban J connectivity index is 1.27. The van der Waals surface area contributed by atoms with Crippen LogP contribution in [-0.2, 0) is 16.1 Å². The fraction of sp³-hybridized carbons (Fsp3) is 0.387. The van der Waals surface area contributed by atoms with Crippen molar-refractivity contribution in [1.82, 2.24) is 29.7 Å². The second-order valence-corrected chi connectivity index (χ2v) is 12.6. The smallest absolute Gasteiger partial charge is 0.410 e. The van der Waals surface area contributed by atoms with Crippen molar-refractivity contribution in [3.8, 4) is 5.69 Å². The molecule has 0 N–H and O–H groups in total. The number of carbonyl (C=O) groups is 3. The minimum absolute atomic E-state index is 0.0589. The average Bonchev–Trinajstić information content (AvgIpc) is 3.43. The summed E-state index contributed by atoms with van der Waals surface area (Å²) in [7, 11) is 0. The fourth-order valence-corrected chi connectivity index (χ4v) is 5.33. The molecule has 1 saturated heterocycles. The highest BCUT2D eigenvalue weighted by Crippen LogP contribution is 2.30. The van der Waals surface area contributed by atoms with Gasteiger partial charge in [0.2, 0.25) is 5.91 Å². The third kappa shape index (κ3) is 7.19. The number of carbonyl (C=O) groups excluding carboxylic acids is 3. The van der Waals surface area contributed by atoms with Crippen molar-refractivity contribution in [2.45, 2.75) is 46.3 Å². The number of nitrogens with zero attached hydrogens (tertiary/aromatic N) is 6. The minimum Gasteiger partial charge on any atom is -0.444 e. The van der Waals surface area contributed by atoms with E-state index >= 15 is 0 Å². The zero-order valence-electron chi connectivity index (χ0n) is 24.6. The summed E-state index contributed by atoms with van der Waals surface area (Å²) in [6.45, 7) is 9.23. The van der Waals surface area contributed by atoms with Gasteiger partial charge in [0, 0.05) is 26.2 Å². The fourth-order valence-electron chi connectivity index (χ4n) is 5.04. The maximum atomic E-state index is 13.7. The largest absolute Gasteiger partial charge is 0.444 e. The van der Waals surface area contributed by atoms with Gasteiger partial charge in [-0.15, -0.1) is 5.10 Å². The normalized spacial score (nSPS) is 15.9. The van der Waals surface area contributed by atoms with Crippen molar-refractivity contribution in [1.29, 1.82) is 0 Å². The van der Waals surface area contributed by atoms with Gasteiger partial charge < -0.3 is 14.5 Å². The van der Waals surface area contributed by atoms with Crippen LogP contribution in [0.15, 0.2) is 48.7 Å². The van der Waals surface area contributed by atoms with E-state index in [1.165, 1.54) is 4.90 Å². The van der Waals surface area contributed by atoms with E-state index in [4.69, 9.17) is 27.9 Å². The van der Waals surface area contributed by atoms with Crippen LogP contribution in [0.25, 0.3) is 11.3 Å². The van der Waals surface area contributed by atoms with Gasteiger partial charge in [-0.1, -0.05) is 46.6 Å². The molecule has 3 heterocycles. The Labute approximate surface area is 260 Å². The number of benzene rings is 2. The van der Waals surface area contributed by atoms with E-state index in [0.717, 1.165) is 16.7 Å². The van der Waals surface area contributed by atoms with Crippen molar-refractivity contribution in [2.24, 2.45) is 0 Å². The summed E-state index contributed by atoms with van der Waals surface area (Å²) >= 11 is 12.3. The molecule has 0 aliphatic carbocycles. The van der Waals surface area contributed by atoms with E-state index in [1.807, 2.05) is 43.3 Å². The van der Waals surface area contributed by atoms with Crippen LogP contribution < -0.4 is 0 Å². The van der Waals surface area contributed by atoms with Gasteiger partial charge in [-0.2, -0.15) is 0 Å². The second kappa shape index (κ2) is 12.4. The zero-order valence-corrected chi connectivity index (χ0v) is 26.2. The van der Waals surface area contributed by atoms with E-state index in [2.05, 4.69) is 10.3 Å². The van der Waals surface area contributed by atoms with Gasteiger partial charge in [-0.05, 0) is 75.1 Å². The molecule has 226 valence electrons. The lowest BCUT2D eigenvalue weighted by Gasteiger charge is -2.34. The highest BCUT2D eigenvalue weighted by Gasteiger charge is 2.31. The van der Waals surface area contributed by atoms with Crippen LogP contribution in [0.5, 0.6) is 0 Å². The predicted octanol–water partition coefficient (Wildman–Crippen LogP) is 5.39. The lowest BCUT2D eigenvalue weighted by atomic mass is 9.99. The SMILES string of the molecule is Cc1ccc(C(=O)N2CC=C(c3ccc(Cl)c(Cl)c3)CC2)c(-n2cc(CN3CCN(C(=O)OC(C)(C)C)CC3=O)nn2)c1. The van der Waals surface area contributed by atoms with Crippen LogP contribution >= 0.6 is 23.2 Å². The molecule has 1 aromatic heterocycles. The molecule has 0 unspecified atom stereocenters. The van der Waals surface area contributed by atoms with Gasteiger partial charge >= 0.3 is 6.09 Å². The molecular formula is C31H34Cl2N6O4. The van der Waals surface area contributed by atoms with E-state index in [-0.39, 0.29) is 24.9 Å². The Kier molecular flexibility index (Phi) is 8.80. The van der Waals surface area contributed by atoms with Gasteiger partial charge in [-0.25, -0.2) is 9.48 Å². The predicted molar refractivity (Wildman–Crippen MR) is 164 cm³/mol. The molecule has 3 amide bonds. The van der Waals surface area contributed by atoms with Crippen molar-refractivity contribution in [3.63, 3.8) is 0 Å². The lowest BCUT2D eigenvalue weighted by molar-refractivity contribution is -0.136. The van der Waals surface area contributed by atoms with E-state index in [9.17, 15) is 14.4 Å². The summed E-state index contributed by atoms with van der Waals surface area (Å²) in [4.78, 5) is 43.7. The maximum Gasteiger partial charge on any atom is 0.410 e. The summed E-state index contributed by atoms with van der Waals surface area (Å²) in [5.74, 6) is -0.304. The van der Waals surface area contributed by atoms with Crippen LogP contribution in [0.3, 0.4) is 0 Å². The molecule has 2 aromatic carbocycles. The lowest BCUT2D eigenvalue weighted by Crippen LogP contribution is -2.52. The number of rotatable bonds is 5. The molecule has 2 aliphatic heterocycles. The number of aryl methyl sites for hydroxylation is 1. The van der Waals surface area contributed by atoms with Crippen LogP contribution in [0, 0.1) is 6.92 Å². The molecule has 43 heavy (non-hydrogen) atoms. The molecule has 0 radical (unpaired) electrons. The highest BCUT2D eigenvalue weighted by atomic mass is 35.5. The first-order chi connectivity index (χ1) is 20.4. The molecule has 0 spiro atoms. The Hall–Kier alpha value is -3.89. The number of piperazine rings is 1. The van der Waals surface area contributed by atoms with Gasteiger partial charge in [0.1, 0.15) is 17.8 Å². The molecule has 1 fully saturated rings. The van der Waals surface area contributed by atoms with Gasteiger partial charge in [0.15, 0.2) is 0 Å². The van der Waals surface area contributed by atoms with Crippen molar-refractivity contribution in [2.75, 3.05) is 32.7 Å². The van der Waals surface area contributed by atoms with Gasteiger partial charge in [0.05, 0.1) is 34.0 Å². The zero-order chi connectivity index (χ0) is 30.9. The van der Waals surface area contributed by atoms with E-state index in [0.29, 0.717) is 59.6 Å². The van der Waals surface area contributed by atoms with Gasteiger partial charge in [0.25, 0.3) is 5.91 Å². The van der Waals surface area contributed by atoms with Crippen LogP contribution in [-0.4, -0.2) is 85.9 Å². The number of hydrogen-bond donors (Lipinski definition) is 0. The maximum absolute atomic E-state index is 13.7. The molecule has 0 saturated carbocycles. The molecule has 5 rings (SSSR count). The number of ether oxygens (including phenoxy) is 1. The Morgan fingerprint density at radius 3 is 2.47 bits per heavy atom. The van der Waals surface area contributed by atoms with Crippen molar-refractivity contribution < 1.29 is 19.1 Å². The third-order valence-corrected chi connectivity index (χ3v) is 8.02. The summed E-state index contributed by atoms with van der Waals surface area (Å²) in [6.07, 6.45) is 3.96. The Bertz CT molecular complexity index is 1600. The summed E-state index contributed by atoms with van der Waals surface area (Å²) in [5, 5.41) is 9.59. The number of amides is 3. The Morgan fingerprint density at radius 1 is 1.00 bits per heavy atom. The number of hydrogen-bond acceptors (Lipinski definition) is 6. The number of halogens is 2. The third-order valence-electron chi connectivity index (χ3n) is 7.28. The van der Waals surface area contributed by atoms with Crippen LogP contribution in [0.4, 0.5) is 4.79 Å². The van der Waals surface area contributed by atoms with Crippen LogP contribution in [0.2, 0.25) is 10.0 Å². The summed E-state index contributed by atoms with van der Waals surface area (Å²) < 4.78 is 6.98. The average molecular weight is 626 g/mol. The number of aromatic nitrogens is 3. The monoisotopic (exact) mass is 624 g/mol. The first-order valence-corrected chi connectivity index (χ1v) is 14.9. The molecule has 0 atom stereocenters. The van der Waals surface area contributed by atoms with E-state index in [1.54, 1.807) is 47.5 Å². The molecular weight excluding hydrogens is 591 g/mol. The first kappa shape index (κ1) is 30.6. The summed E-state index contributed by atoms with van der Waals surface area (Å²) in [6, 6.07) is 11.2. The molecule has 12 heteroatoms.